The number of hydrogen-bond donors (Lipinski definition) is 1. The Morgan fingerprint density at radius 3 is 2.54 bits per heavy atom. The van der Waals surface area contributed by atoms with Gasteiger partial charge < -0.3 is 19.9 Å². The van der Waals surface area contributed by atoms with Gasteiger partial charge in [-0.2, -0.15) is 0 Å². The lowest BCUT2D eigenvalue weighted by molar-refractivity contribution is -0.134. The molecule has 0 aromatic heterocycles. The minimum absolute atomic E-state index is 0.0232. The van der Waals surface area contributed by atoms with Crippen molar-refractivity contribution in [3.63, 3.8) is 0 Å². The van der Waals surface area contributed by atoms with E-state index in [1.54, 1.807) is 4.90 Å². The molecule has 140 valence electrons. The standard InChI is InChI=1S/C20H27N3O3/c1-22(17-11-14-4-5-15(12-17)21-14)20(25)13-26-18-8-6-16(7-9-18)23-10-2-3-19(23)24/h6-9,14-15,17,21H,2-5,10-13H2,1H3. The summed E-state index contributed by atoms with van der Waals surface area (Å²) in [5, 5.41) is 3.61. The molecule has 3 aliphatic rings. The first-order valence-corrected chi connectivity index (χ1v) is 9.65. The number of carbonyl (C=O) groups excluding carboxylic acids is 2. The second kappa shape index (κ2) is 7.27. The second-order valence-electron chi connectivity index (χ2n) is 7.70. The molecule has 1 aromatic rings. The van der Waals surface area contributed by atoms with E-state index in [4.69, 9.17) is 4.74 Å². The Morgan fingerprint density at radius 1 is 1.23 bits per heavy atom. The molecule has 3 saturated heterocycles. The first-order valence-electron chi connectivity index (χ1n) is 9.65. The smallest absolute Gasteiger partial charge is 0.260 e. The third-order valence-electron chi connectivity index (χ3n) is 5.97. The monoisotopic (exact) mass is 357 g/mol. The summed E-state index contributed by atoms with van der Waals surface area (Å²) in [4.78, 5) is 28.0. The van der Waals surface area contributed by atoms with E-state index in [1.807, 2.05) is 36.2 Å². The number of nitrogens with zero attached hydrogens (tertiary/aromatic N) is 2. The minimum atomic E-state index is 0.0232. The van der Waals surface area contributed by atoms with Crippen molar-refractivity contribution < 1.29 is 14.3 Å². The largest absolute Gasteiger partial charge is 0.484 e. The first kappa shape index (κ1) is 17.3. The number of nitrogens with one attached hydrogen (secondary N) is 1. The highest BCUT2D eigenvalue weighted by Gasteiger charge is 2.36. The van der Waals surface area contributed by atoms with Gasteiger partial charge in [0.15, 0.2) is 6.61 Å². The number of piperidine rings is 1. The van der Waals surface area contributed by atoms with Crippen molar-refractivity contribution in [2.45, 2.75) is 56.7 Å². The molecule has 0 radical (unpaired) electrons. The van der Waals surface area contributed by atoms with Gasteiger partial charge in [0.1, 0.15) is 5.75 Å². The maximum atomic E-state index is 12.5. The third kappa shape index (κ3) is 3.56. The van der Waals surface area contributed by atoms with E-state index in [0.717, 1.165) is 31.5 Å². The van der Waals surface area contributed by atoms with Crippen molar-refractivity contribution in [3.05, 3.63) is 24.3 Å². The lowest BCUT2D eigenvalue weighted by Crippen LogP contribution is -2.49. The summed E-state index contributed by atoms with van der Waals surface area (Å²) in [6, 6.07) is 8.88. The lowest BCUT2D eigenvalue weighted by atomic mass is 9.98. The summed E-state index contributed by atoms with van der Waals surface area (Å²) in [5.41, 5.74) is 0.897. The maximum Gasteiger partial charge on any atom is 0.260 e. The van der Waals surface area contributed by atoms with E-state index in [1.165, 1.54) is 12.8 Å². The Balaban J connectivity index is 1.29. The SMILES string of the molecule is CN(C(=O)COc1ccc(N2CCCC2=O)cc1)C1CC2CCC(C1)N2. The van der Waals surface area contributed by atoms with Crippen LogP contribution in [-0.4, -0.2) is 55.0 Å². The third-order valence-corrected chi connectivity index (χ3v) is 5.97. The zero-order chi connectivity index (χ0) is 18.1. The van der Waals surface area contributed by atoms with E-state index >= 15 is 0 Å². The number of carbonyl (C=O) groups is 2. The van der Waals surface area contributed by atoms with Gasteiger partial charge in [0.05, 0.1) is 0 Å². The molecule has 4 rings (SSSR count). The van der Waals surface area contributed by atoms with Gasteiger partial charge >= 0.3 is 0 Å². The van der Waals surface area contributed by atoms with Crippen LogP contribution in [0, 0.1) is 0 Å². The molecule has 0 aliphatic carbocycles. The number of amides is 2. The maximum absolute atomic E-state index is 12.5. The van der Waals surface area contributed by atoms with Crippen LogP contribution < -0.4 is 15.0 Å². The highest BCUT2D eigenvalue weighted by molar-refractivity contribution is 5.95. The van der Waals surface area contributed by atoms with Crippen LogP contribution in [0.2, 0.25) is 0 Å². The summed E-state index contributed by atoms with van der Waals surface area (Å²) in [6.45, 7) is 0.832. The van der Waals surface area contributed by atoms with Gasteiger partial charge in [-0.25, -0.2) is 0 Å². The molecule has 3 fully saturated rings. The van der Waals surface area contributed by atoms with Crippen LogP contribution in [0.4, 0.5) is 5.69 Å². The van der Waals surface area contributed by atoms with Crippen molar-refractivity contribution in [3.8, 4) is 5.75 Å². The lowest BCUT2D eigenvalue weighted by Gasteiger charge is -2.35. The van der Waals surface area contributed by atoms with Gasteiger partial charge in [-0.15, -0.1) is 0 Å². The number of ether oxygens (including phenoxy) is 1. The molecule has 2 amide bonds. The normalized spacial score (nSPS) is 27.7. The Hall–Kier alpha value is -2.08. The zero-order valence-corrected chi connectivity index (χ0v) is 15.3. The van der Waals surface area contributed by atoms with Gasteiger partial charge in [0.2, 0.25) is 5.91 Å². The van der Waals surface area contributed by atoms with E-state index in [-0.39, 0.29) is 18.4 Å². The zero-order valence-electron chi connectivity index (χ0n) is 15.3. The molecule has 3 heterocycles. The molecule has 3 aliphatic heterocycles. The number of anilines is 1. The topological polar surface area (TPSA) is 61.9 Å². The fourth-order valence-electron chi connectivity index (χ4n) is 4.44. The van der Waals surface area contributed by atoms with Gasteiger partial charge in [0.25, 0.3) is 5.91 Å². The molecule has 0 saturated carbocycles. The Labute approximate surface area is 154 Å². The van der Waals surface area contributed by atoms with Crippen LogP contribution in [0.1, 0.15) is 38.5 Å². The summed E-state index contributed by atoms with van der Waals surface area (Å²) in [6.07, 6.45) is 6.07. The minimum Gasteiger partial charge on any atom is -0.484 e. The van der Waals surface area contributed by atoms with E-state index < -0.39 is 0 Å². The second-order valence-corrected chi connectivity index (χ2v) is 7.70. The highest BCUT2D eigenvalue weighted by Crippen LogP contribution is 2.29. The molecule has 1 N–H and O–H groups in total. The van der Waals surface area contributed by atoms with Crippen LogP contribution >= 0.6 is 0 Å². The van der Waals surface area contributed by atoms with Crippen molar-refractivity contribution in [2.75, 3.05) is 25.1 Å². The van der Waals surface area contributed by atoms with E-state index in [0.29, 0.717) is 30.3 Å². The van der Waals surface area contributed by atoms with Crippen molar-refractivity contribution in [1.29, 1.82) is 0 Å². The number of rotatable bonds is 5. The molecule has 6 heteroatoms. The average Bonchev–Trinajstić information content (AvgIpc) is 3.24. The van der Waals surface area contributed by atoms with Crippen molar-refractivity contribution in [2.24, 2.45) is 0 Å². The van der Waals surface area contributed by atoms with Gasteiger partial charge in [-0.1, -0.05) is 0 Å². The molecule has 1 aromatic carbocycles. The number of hydrogen-bond acceptors (Lipinski definition) is 4. The highest BCUT2D eigenvalue weighted by atomic mass is 16.5. The van der Waals surface area contributed by atoms with Gasteiger partial charge in [-0.3, -0.25) is 9.59 Å². The summed E-state index contributed by atoms with van der Waals surface area (Å²) >= 11 is 0. The molecule has 2 bridgehead atoms. The average molecular weight is 357 g/mol. The van der Waals surface area contributed by atoms with Crippen molar-refractivity contribution >= 4 is 17.5 Å². The molecule has 2 atom stereocenters. The van der Waals surface area contributed by atoms with Crippen LogP contribution in [-0.2, 0) is 9.59 Å². The van der Waals surface area contributed by atoms with Crippen LogP contribution in [0.15, 0.2) is 24.3 Å². The number of likely N-dealkylation sites (N-methyl/N-ethyl adjacent to an activating group) is 1. The molecular weight excluding hydrogens is 330 g/mol. The summed E-state index contributed by atoms with van der Waals surface area (Å²) in [7, 11) is 1.89. The quantitative estimate of drug-likeness (QED) is 0.875. The number of fused-ring (bicyclic) bond motifs is 2. The fraction of sp³-hybridized carbons (Fsp3) is 0.600. The molecule has 6 nitrogen and oxygen atoms in total. The van der Waals surface area contributed by atoms with E-state index in [2.05, 4.69) is 5.32 Å². The molecular formula is C20H27N3O3. The number of benzene rings is 1. The molecule has 0 spiro atoms. The van der Waals surface area contributed by atoms with Crippen LogP contribution in [0.3, 0.4) is 0 Å². The Kier molecular flexibility index (Phi) is 4.85. The van der Waals surface area contributed by atoms with Crippen molar-refractivity contribution in [1.82, 2.24) is 10.2 Å². The molecule has 2 unspecified atom stereocenters. The fourth-order valence-corrected chi connectivity index (χ4v) is 4.44. The summed E-state index contributed by atoms with van der Waals surface area (Å²) in [5.74, 6) is 0.856. The Bertz CT molecular complexity index is 663. The van der Waals surface area contributed by atoms with Gasteiger partial charge in [0, 0.05) is 43.8 Å². The first-order chi connectivity index (χ1) is 12.6. The molecule has 26 heavy (non-hydrogen) atoms. The summed E-state index contributed by atoms with van der Waals surface area (Å²) < 4.78 is 5.68. The predicted octanol–water partition coefficient (Wildman–Crippen LogP) is 1.93. The predicted molar refractivity (Wildman–Crippen MR) is 99.3 cm³/mol. The Morgan fingerprint density at radius 2 is 1.92 bits per heavy atom. The van der Waals surface area contributed by atoms with Crippen LogP contribution in [0.5, 0.6) is 5.75 Å². The van der Waals surface area contributed by atoms with Gasteiger partial charge in [-0.05, 0) is 56.4 Å². The van der Waals surface area contributed by atoms with Crippen LogP contribution in [0.25, 0.3) is 0 Å². The van der Waals surface area contributed by atoms with E-state index in [9.17, 15) is 9.59 Å².